The number of rotatable bonds is 3. The SMILES string of the molecule is Cc1cccc(C2NCC(=O)N2C2CCN(C3CC3)C2)c1. The second-order valence-corrected chi connectivity index (χ2v) is 6.67. The van der Waals surface area contributed by atoms with E-state index in [0.29, 0.717) is 12.6 Å². The van der Waals surface area contributed by atoms with Crippen LogP contribution in [0.15, 0.2) is 24.3 Å². The van der Waals surface area contributed by atoms with Crippen LogP contribution in [0.2, 0.25) is 0 Å². The number of likely N-dealkylation sites (tertiary alicyclic amines) is 1. The Bertz CT molecular complexity index is 555. The Balaban J connectivity index is 1.55. The third-order valence-corrected chi connectivity index (χ3v) is 5.02. The van der Waals surface area contributed by atoms with Crippen LogP contribution in [0.4, 0.5) is 0 Å². The number of nitrogens with one attached hydrogen (secondary N) is 1. The fourth-order valence-corrected chi connectivity index (χ4v) is 3.82. The summed E-state index contributed by atoms with van der Waals surface area (Å²) in [6.07, 6.45) is 3.87. The lowest BCUT2D eigenvalue weighted by Gasteiger charge is -2.31. The zero-order valence-corrected chi connectivity index (χ0v) is 12.6. The molecule has 2 atom stereocenters. The highest BCUT2D eigenvalue weighted by molar-refractivity contribution is 5.81. The normalized spacial score (nSPS) is 30.3. The number of carbonyl (C=O) groups is 1. The second-order valence-electron chi connectivity index (χ2n) is 6.67. The summed E-state index contributed by atoms with van der Waals surface area (Å²) >= 11 is 0. The molecule has 2 aliphatic heterocycles. The molecule has 4 rings (SSSR count). The standard InChI is InChI=1S/C17H23N3O/c1-12-3-2-4-13(9-12)17-18-10-16(21)20(17)15-7-8-19(11-15)14-5-6-14/h2-4,9,14-15,17-18H,5-8,10-11H2,1H3. The maximum Gasteiger partial charge on any atom is 0.238 e. The summed E-state index contributed by atoms with van der Waals surface area (Å²) in [7, 11) is 0. The summed E-state index contributed by atoms with van der Waals surface area (Å²) in [5, 5.41) is 3.39. The van der Waals surface area contributed by atoms with E-state index in [4.69, 9.17) is 0 Å². The molecule has 112 valence electrons. The van der Waals surface area contributed by atoms with Crippen LogP contribution in [-0.4, -0.2) is 47.4 Å². The van der Waals surface area contributed by atoms with Crippen molar-refractivity contribution in [1.82, 2.24) is 15.1 Å². The molecule has 4 heteroatoms. The Hall–Kier alpha value is -1.39. The van der Waals surface area contributed by atoms with Gasteiger partial charge in [0.1, 0.15) is 6.17 Å². The van der Waals surface area contributed by atoms with Crippen LogP contribution in [0, 0.1) is 6.92 Å². The van der Waals surface area contributed by atoms with Crippen LogP contribution >= 0.6 is 0 Å². The van der Waals surface area contributed by atoms with Crippen molar-refractivity contribution in [2.45, 2.75) is 44.4 Å². The van der Waals surface area contributed by atoms with Crippen LogP contribution in [0.5, 0.6) is 0 Å². The Morgan fingerprint density at radius 3 is 2.81 bits per heavy atom. The zero-order chi connectivity index (χ0) is 14.4. The van der Waals surface area contributed by atoms with Gasteiger partial charge in [-0.15, -0.1) is 0 Å². The van der Waals surface area contributed by atoms with Crippen LogP contribution in [0.3, 0.4) is 0 Å². The minimum absolute atomic E-state index is 0.0570. The molecule has 2 saturated heterocycles. The summed E-state index contributed by atoms with van der Waals surface area (Å²) in [6, 6.07) is 9.69. The van der Waals surface area contributed by atoms with Gasteiger partial charge in [0.15, 0.2) is 0 Å². The summed E-state index contributed by atoms with van der Waals surface area (Å²) in [6.45, 7) is 4.79. The molecular weight excluding hydrogens is 262 g/mol. The molecule has 0 radical (unpaired) electrons. The number of nitrogens with zero attached hydrogens (tertiary/aromatic N) is 2. The number of carbonyl (C=O) groups excluding carboxylic acids is 1. The number of amides is 1. The summed E-state index contributed by atoms with van der Waals surface area (Å²) in [5.41, 5.74) is 2.46. The van der Waals surface area contributed by atoms with Gasteiger partial charge < -0.3 is 4.90 Å². The van der Waals surface area contributed by atoms with E-state index in [1.54, 1.807) is 0 Å². The van der Waals surface area contributed by atoms with Gasteiger partial charge in [-0.1, -0.05) is 29.8 Å². The minimum atomic E-state index is 0.0570. The first-order valence-electron chi connectivity index (χ1n) is 8.07. The van der Waals surface area contributed by atoms with Gasteiger partial charge in [0.25, 0.3) is 0 Å². The first-order valence-corrected chi connectivity index (χ1v) is 8.07. The van der Waals surface area contributed by atoms with Crippen LogP contribution in [-0.2, 0) is 4.79 Å². The van der Waals surface area contributed by atoms with E-state index in [0.717, 1.165) is 25.6 Å². The van der Waals surface area contributed by atoms with Gasteiger partial charge in [-0.05, 0) is 31.7 Å². The predicted octanol–water partition coefficient (Wildman–Crippen LogP) is 1.66. The van der Waals surface area contributed by atoms with Crippen molar-refractivity contribution in [2.24, 2.45) is 0 Å². The van der Waals surface area contributed by atoms with Gasteiger partial charge in [0.2, 0.25) is 5.91 Å². The van der Waals surface area contributed by atoms with Crippen molar-refractivity contribution in [2.75, 3.05) is 19.6 Å². The highest BCUT2D eigenvalue weighted by atomic mass is 16.2. The minimum Gasteiger partial charge on any atom is -0.317 e. The van der Waals surface area contributed by atoms with Crippen LogP contribution in [0.1, 0.15) is 36.6 Å². The van der Waals surface area contributed by atoms with Gasteiger partial charge in [0, 0.05) is 25.2 Å². The molecule has 2 unspecified atom stereocenters. The highest BCUT2D eigenvalue weighted by Crippen LogP contribution is 2.34. The van der Waals surface area contributed by atoms with Crippen molar-refractivity contribution >= 4 is 5.91 Å². The molecule has 3 aliphatic rings. The molecule has 0 bridgehead atoms. The highest BCUT2D eigenvalue weighted by Gasteiger charge is 2.42. The molecule has 1 N–H and O–H groups in total. The van der Waals surface area contributed by atoms with Crippen LogP contribution in [0.25, 0.3) is 0 Å². The fourth-order valence-electron chi connectivity index (χ4n) is 3.82. The first-order chi connectivity index (χ1) is 10.2. The second kappa shape index (κ2) is 5.11. The molecular formula is C17H23N3O. The number of hydrogen-bond acceptors (Lipinski definition) is 3. The van der Waals surface area contributed by atoms with E-state index in [-0.39, 0.29) is 12.1 Å². The van der Waals surface area contributed by atoms with Crippen molar-refractivity contribution in [3.8, 4) is 0 Å². The van der Waals surface area contributed by atoms with Crippen molar-refractivity contribution in [3.05, 3.63) is 35.4 Å². The lowest BCUT2D eigenvalue weighted by Crippen LogP contribution is -2.41. The van der Waals surface area contributed by atoms with E-state index >= 15 is 0 Å². The van der Waals surface area contributed by atoms with Crippen molar-refractivity contribution < 1.29 is 4.79 Å². The molecule has 1 aliphatic carbocycles. The summed E-state index contributed by atoms with van der Waals surface area (Å²) in [5.74, 6) is 0.254. The maximum atomic E-state index is 12.4. The lowest BCUT2D eigenvalue weighted by atomic mass is 10.1. The molecule has 1 aromatic rings. The molecule has 1 aromatic carbocycles. The third-order valence-electron chi connectivity index (χ3n) is 5.02. The van der Waals surface area contributed by atoms with Gasteiger partial charge in [-0.2, -0.15) is 0 Å². The number of aryl methyl sites for hydroxylation is 1. The maximum absolute atomic E-state index is 12.4. The van der Waals surface area contributed by atoms with Crippen molar-refractivity contribution in [1.29, 1.82) is 0 Å². The molecule has 0 spiro atoms. The summed E-state index contributed by atoms with van der Waals surface area (Å²) in [4.78, 5) is 17.0. The Kier molecular flexibility index (Phi) is 3.23. The molecule has 3 fully saturated rings. The number of hydrogen-bond donors (Lipinski definition) is 1. The largest absolute Gasteiger partial charge is 0.317 e. The fraction of sp³-hybridized carbons (Fsp3) is 0.588. The van der Waals surface area contributed by atoms with Gasteiger partial charge in [0.05, 0.1) is 6.54 Å². The molecule has 21 heavy (non-hydrogen) atoms. The number of benzene rings is 1. The Morgan fingerprint density at radius 2 is 2.05 bits per heavy atom. The van der Waals surface area contributed by atoms with Gasteiger partial charge >= 0.3 is 0 Å². The Morgan fingerprint density at radius 1 is 1.19 bits per heavy atom. The zero-order valence-electron chi connectivity index (χ0n) is 12.6. The topological polar surface area (TPSA) is 35.6 Å². The van der Waals surface area contributed by atoms with E-state index in [1.165, 1.54) is 24.0 Å². The first kappa shape index (κ1) is 13.3. The molecule has 0 aromatic heterocycles. The van der Waals surface area contributed by atoms with E-state index < -0.39 is 0 Å². The monoisotopic (exact) mass is 285 g/mol. The van der Waals surface area contributed by atoms with Gasteiger partial charge in [-0.25, -0.2) is 0 Å². The van der Waals surface area contributed by atoms with E-state index in [2.05, 4.69) is 46.3 Å². The average molecular weight is 285 g/mol. The van der Waals surface area contributed by atoms with Crippen LogP contribution < -0.4 is 5.32 Å². The lowest BCUT2D eigenvalue weighted by molar-refractivity contribution is -0.130. The van der Waals surface area contributed by atoms with Gasteiger partial charge in [-0.3, -0.25) is 15.0 Å². The molecule has 1 amide bonds. The Labute approximate surface area is 126 Å². The summed E-state index contributed by atoms with van der Waals surface area (Å²) < 4.78 is 0. The van der Waals surface area contributed by atoms with E-state index in [9.17, 15) is 4.79 Å². The van der Waals surface area contributed by atoms with E-state index in [1.807, 2.05) is 0 Å². The molecule has 2 heterocycles. The third kappa shape index (κ3) is 2.47. The van der Waals surface area contributed by atoms with Crippen molar-refractivity contribution in [3.63, 3.8) is 0 Å². The molecule has 1 saturated carbocycles. The molecule has 4 nitrogen and oxygen atoms in total. The average Bonchev–Trinajstić information content (AvgIpc) is 3.08. The quantitative estimate of drug-likeness (QED) is 0.917. The predicted molar refractivity (Wildman–Crippen MR) is 81.8 cm³/mol. The smallest absolute Gasteiger partial charge is 0.238 e.